The monoisotopic (exact) mass is 331 g/mol. The van der Waals surface area contributed by atoms with Crippen LogP contribution in [0.15, 0.2) is 24.3 Å². The first-order valence-electron chi connectivity index (χ1n) is 6.33. The molecule has 0 radical (unpaired) electrons. The van der Waals surface area contributed by atoms with Gasteiger partial charge in [-0.25, -0.2) is 13.8 Å². The second-order valence-corrected chi connectivity index (χ2v) is 5.14. The molecule has 2 N–H and O–H groups in total. The summed E-state index contributed by atoms with van der Waals surface area (Å²) in [6.45, 7) is 2.70. The van der Waals surface area contributed by atoms with Gasteiger partial charge in [0.25, 0.3) is 0 Å². The van der Waals surface area contributed by atoms with Gasteiger partial charge in [-0.2, -0.15) is 0 Å². The lowest BCUT2D eigenvalue weighted by atomic mass is 10.3. The number of aromatic nitrogens is 1. The van der Waals surface area contributed by atoms with E-state index in [9.17, 15) is 8.78 Å². The van der Waals surface area contributed by atoms with Crippen molar-refractivity contribution in [3.8, 4) is 0 Å². The molecule has 1 aromatic heterocycles. The standard InChI is InChI=1S/C14H13Cl2F2N3/c1-2-5-19-13-9(15)7-10(16)14(21-13)20-12-4-3-8(17)6-11(12)18/h3-4,6-7H,2,5H2,1H3,(H2,19,20,21). The van der Waals surface area contributed by atoms with Gasteiger partial charge in [-0.05, 0) is 24.6 Å². The van der Waals surface area contributed by atoms with Crippen molar-refractivity contribution in [1.82, 2.24) is 4.98 Å². The van der Waals surface area contributed by atoms with Gasteiger partial charge in [-0.3, -0.25) is 0 Å². The topological polar surface area (TPSA) is 37.0 Å². The van der Waals surface area contributed by atoms with Crippen LogP contribution in [0.5, 0.6) is 0 Å². The van der Waals surface area contributed by atoms with E-state index >= 15 is 0 Å². The van der Waals surface area contributed by atoms with Crippen molar-refractivity contribution < 1.29 is 8.78 Å². The summed E-state index contributed by atoms with van der Waals surface area (Å²) in [5.74, 6) is -0.692. The van der Waals surface area contributed by atoms with Crippen LogP contribution in [-0.4, -0.2) is 11.5 Å². The second kappa shape index (κ2) is 6.91. The molecule has 1 heterocycles. The maximum absolute atomic E-state index is 13.6. The van der Waals surface area contributed by atoms with E-state index in [1.807, 2.05) is 6.92 Å². The highest BCUT2D eigenvalue weighted by atomic mass is 35.5. The fourth-order valence-electron chi connectivity index (χ4n) is 1.64. The third-order valence-corrected chi connectivity index (χ3v) is 3.23. The molecule has 0 bridgehead atoms. The molecular formula is C14H13Cl2F2N3. The molecule has 2 rings (SSSR count). The van der Waals surface area contributed by atoms with Crippen molar-refractivity contribution in [2.45, 2.75) is 13.3 Å². The lowest BCUT2D eigenvalue weighted by Gasteiger charge is -2.12. The molecule has 0 atom stereocenters. The van der Waals surface area contributed by atoms with Gasteiger partial charge >= 0.3 is 0 Å². The lowest BCUT2D eigenvalue weighted by molar-refractivity contribution is 0.586. The number of rotatable bonds is 5. The van der Waals surface area contributed by atoms with Crippen LogP contribution in [0, 0.1) is 11.6 Å². The van der Waals surface area contributed by atoms with E-state index in [2.05, 4.69) is 15.6 Å². The maximum atomic E-state index is 13.6. The van der Waals surface area contributed by atoms with Gasteiger partial charge < -0.3 is 10.6 Å². The van der Waals surface area contributed by atoms with Gasteiger partial charge in [0, 0.05) is 12.6 Å². The van der Waals surface area contributed by atoms with Crippen molar-refractivity contribution in [1.29, 1.82) is 0 Å². The number of anilines is 3. The average molecular weight is 332 g/mol. The largest absolute Gasteiger partial charge is 0.369 e. The van der Waals surface area contributed by atoms with Crippen LogP contribution in [0.25, 0.3) is 0 Å². The highest BCUT2D eigenvalue weighted by Crippen LogP contribution is 2.31. The Kier molecular flexibility index (Phi) is 5.20. The Labute approximate surface area is 131 Å². The molecule has 21 heavy (non-hydrogen) atoms. The first kappa shape index (κ1) is 15.8. The van der Waals surface area contributed by atoms with Crippen molar-refractivity contribution in [3.63, 3.8) is 0 Å². The number of nitrogens with zero attached hydrogens (tertiary/aromatic N) is 1. The average Bonchev–Trinajstić information content (AvgIpc) is 2.43. The van der Waals surface area contributed by atoms with E-state index in [4.69, 9.17) is 23.2 Å². The Bertz CT molecular complexity index is 650. The van der Waals surface area contributed by atoms with Crippen molar-refractivity contribution in [3.05, 3.63) is 45.9 Å². The Balaban J connectivity index is 2.30. The van der Waals surface area contributed by atoms with Crippen LogP contribution in [0.4, 0.5) is 26.1 Å². The second-order valence-electron chi connectivity index (χ2n) is 4.33. The van der Waals surface area contributed by atoms with E-state index in [1.165, 1.54) is 12.1 Å². The number of nitrogens with one attached hydrogen (secondary N) is 2. The van der Waals surface area contributed by atoms with E-state index in [0.717, 1.165) is 18.6 Å². The summed E-state index contributed by atoms with van der Waals surface area (Å²) in [7, 11) is 0. The molecule has 3 nitrogen and oxygen atoms in total. The third kappa shape index (κ3) is 3.95. The molecule has 0 aliphatic heterocycles. The quantitative estimate of drug-likeness (QED) is 0.787. The first-order chi connectivity index (χ1) is 10.0. The molecule has 0 unspecified atom stereocenters. The molecule has 112 valence electrons. The van der Waals surface area contributed by atoms with Crippen LogP contribution in [0.3, 0.4) is 0 Å². The zero-order valence-corrected chi connectivity index (χ0v) is 12.7. The molecule has 0 saturated carbocycles. The highest BCUT2D eigenvalue weighted by molar-refractivity contribution is 6.37. The van der Waals surface area contributed by atoms with Gasteiger partial charge in [0.1, 0.15) is 17.5 Å². The SMILES string of the molecule is CCCNc1nc(Nc2ccc(F)cc2F)c(Cl)cc1Cl. The summed E-state index contributed by atoms with van der Waals surface area (Å²) in [6.07, 6.45) is 0.899. The van der Waals surface area contributed by atoms with Crippen molar-refractivity contribution in [2.75, 3.05) is 17.2 Å². The van der Waals surface area contributed by atoms with E-state index in [-0.39, 0.29) is 16.5 Å². The van der Waals surface area contributed by atoms with Crippen LogP contribution >= 0.6 is 23.2 Å². The van der Waals surface area contributed by atoms with Crippen molar-refractivity contribution >= 4 is 40.5 Å². The summed E-state index contributed by atoms with van der Waals surface area (Å²) in [4.78, 5) is 4.22. The summed E-state index contributed by atoms with van der Waals surface area (Å²) in [6, 6.07) is 4.71. The normalized spacial score (nSPS) is 10.5. The van der Waals surface area contributed by atoms with Gasteiger partial charge in [-0.1, -0.05) is 30.1 Å². The predicted molar refractivity (Wildman–Crippen MR) is 82.7 cm³/mol. The molecule has 0 fully saturated rings. The summed E-state index contributed by atoms with van der Waals surface area (Å²) in [5, 5.41) is 6.39. The van der Waals surface area contributed by atoms with Crippen LogP contribution in [0.1, 0.15) is 13.3 Å². The summed E-state index contributed by atoms with van der Waals surface area (Å²) in [5.41, 5.74) is 0.0783. The Morgan fingerprint density at radius 1 is 1.10 bits per heavy atom. The number of benzene rings is 1. The third-order valence-electron chi connectivity index (χ3n) is 2.66. The minimum absolute atomic E-state index is 0.0783. The van der Waals surface area contributed by atoms with Gasteiger partial charge in [0.05, 0.1) is 15.7 Å². The summed E-state index contributed by atoms with van der Waals surface area (Å²) >= 11 is 12.1. The zero-order chi connectivity index (χ0) is 15.4. The first-order valence-corrected chi connectivity index (χ1v) is 7.09. The maximum Gasteiger partial charge on any atom is 0.151 e. The predicted octanol–water partition coefficient (Wildman–Crippen LogP) is 5.23. The molecule has 0 aliphatic rings. The minimum atomic E-state index is -0.731. The Hall–Kier alpha value is -1.59. The van der Waals surface area contributed by atoms with Gasteiger partial charge in [-0.15, -0.1) is 0 Å². The van der Waals surface area contributed by atoms with Crippen molar-refractivity contribution in [2.24, 2.45) is 0 Å². The van der Waals surface area contributed by atoms with Crippen LogP contribution in [-0.2, 0) is 0 Å². The molecular weight excluding hydrogens is 319 g/mol. The number of pyridine rings is 1. The van der Waals surface area contributed by atoms with Gasteiger partial charge in [0.15, 0.2) is 5.82 Å². The molecule has 0 amide bonds. The Morgan fingerprint density at radius 2 is 1.81 bits per heavy atom. The number of hydrogen-bond donors (Lipinski definition) is 2. The molecule has 0 saturated heterocycles. The van der Waals surface area contributed by atoms with Crippen LogP contribution in [0.2, 0.25) is 10.0 Å². The van der Waals surface area contributed by atoms with Crippen LogP contribution < -0.4 is 10.6 Å². The lowest BCUT2D eigenvalue weighted by Crippen LogP contribution is -2.05. The zero-order valence-electron chi connectivity index (χ0n) is 11.2. The van der Waals surface area contributed by atoms with E-state index < -0.39 is 11.6 Å². The minimum Gasteiger partial charge on any atom is -0.369 e. The molecule has 1 aromatic carbocycles. The highest BCUT2D eigenvalue weighted by Gasteiger charge is 2.11. The van der Waals surface area contributed by atoms with E-state index in [0.29, 0.717) is 17.4 Å². The number of halogens is 4. The molecule has 0 aliphatic carbocycles. The summed E-state index contributed by atoms with van der Waals surface area (Å²) < 4.78 is 26.5. The molecule has 7 heteroatoms. The molecule has 2 aromatic rings. The van der Waals surface area contributed by atoms with Gasteiger partial charge in [0.2, 0.25) is 0 Å². The fourth-order valence-corrected chi connectivity index (χ4v) is 2.11. The fraction of sp³-hybridized carbons (Fsp3) is 0.214. The molecule has 0 spiro atoms. The number of hydrogen-bond acceptors (Lipinski definition) is 3. The van der Waals surface area contributed by atoms with E-state index in [1.54, 1.807) is 0 Å². The Morgan fingerprint density at radius 3 is 2.48 bits per heavy atom. The smallest absolute Gasteiger partial charge is 0.151 e.